The van der Waals surface area contributed by atoms with Crippen LogP contribution in [0.15, 0.2) is 46.0 Å². The Morgan fingerprint density at radius 2 is 1.84 bits per heavy atom. The molecule has 0 saturated carbocycles. The first kappa shape index (κ1) is 22.1. The topological polar surface area (TPSA) is 87.2 Å². The molecule has 4 rings (SSSR count). The number of hydrogen-bond donors (Lipinski definition) is 0. The van der Waals surface area contributed by atoms with Crippen LogP contribution < -0.4 is 4.90 Å². The first-order valence-corrected chi connectivity index (χ1v) is 12.5. The molecule has 166 valence electrons. The molecule has 2 aliphatic rings. The number of aryl methyl sites for hydroxylation is 1. The summed E-state index contributed by atoms with van der Waals surface area (Å²) in [7, 11) is -3.92. The Labute approximate surface area is 186 Å². The Morgan fingerprint density at radius 1 is 1.13 bits per heavy atom. The van der Waals surface area contributed by atoms with Crippen molar-refractivity contribution >= 4 is 38.9 Å². The van der Waals surface area contributed by atoms with Gasteiger partial charge in [-0.2, -0.15) is 4.31 Å². The van der Waals surface area contributed by atoms with Crippen LogP contribution in [0.3, 0.4) is 0 Å². The van der Waals surface area contributed by atoms with Crippen molar-refractivity contribution in [3.8, 4) is 0 Å². The monoisotopic (exact) mass is 463 g/mol. The number of sulfonamides is 1. The number of amides is 2. The average Bonchev–Trinajstić information content (AvgIpc) is 3.39. The van der Waals surface area contributed by atoms with Crippen LogP contribution in [0.25, 0.3) is 0 Å². The molecule has 1 atom stereocenters. The first-order chi connectivity index (χ1) is 14.9. The summed E-state index contributed by atoms with van der Waals surface area (Å²) in [6.07, 6.45) is -0.166. The van der Waals surface area contributed by atoms with Gasteiger partial charge in [-0.05, 0) is 30.5 Å². The van der Waals surface area contributed by atoms with Crippen LogP contribution in [0.5, 0.6) is 0 Å². The molecule has 0 aliphatic carbocycles. The van der Waals surface area contributed by atoms with Crippen molar-refractivity contribution in [1.29, 1.82) is 0 Å². The summed E-state index contributed by atoms with van der Waals surface area (Å²) in [5.41, 5.74) is 1.47. The fourth-order valence-electron chi connectivity index (χ4n) is 3.84. The largest absolute Gasteiger partial charge is 0.379 e. The minimum absolute atomic E-state index is 0.131. The zero-order valence-electron chi connectivity index (χ0n) is 17.3. The van der Waals surface area contributed by atoms with Crippen LogP contribution >= 0.6 is 11.3 Å². The number of ether oxygens (including phenoxy) is 1. The number of nitrogens with zero attached hydrogens (tertiary/aromatic N) is 3. The van der Waals surface area contributed by atoms with Crippen molar-refractivity contribution in [2.75, 3.05) is 44.3 Å². The van der Waals surface area contributed by atoms with E-state index in [0.29, 0.717) is 38.5 Å². The average molecular weight is 464 g/mol. The van der Waals surface area contributed by atoms with E-state index in [1.54, 1.807) is 23.6 Å². The number of benzene rings is 1. The van der Waals surface area contributed by atoms with Crippen molar-refractivity contribution in [2.45, 2.75) is 23.6 Å². The van der Waals surface area contributed by atoms with Gasteiger partial charge in [0, 0.05) is 26.2 Å². The Morgan fingerprint density at radius 3 is 2.48 bits per heavy atom. The van der Waals surface area contributed by atoms with Gasteiger partial charge in [0.05, 0.1) is 25.3 Å². The Kier molecular flexibility index (Phi) is 6.54. The second-order valence-corrected chi connectivity index (χ2v) is 10.7. The van der Waals surface area contributed by atoms with Crippen molar-refractivity contribution in [1.82, 2.24) is 9.21 Å². The molecule has 0 spiro atoms. The molecule has 1 aromatic heterocycles. The summed E-state index contributed by atoms with van der Waals surface area (Å²) in [6, 6.07) is 9.20. The maximum Gasteiger partial charge on any atom is 0.253 e. The van der Waals surface area contributed by atoms with Crippen LogP contribution in [-0.4, -0.2) is 74.9 Å². The highest BCUT2D eigenvalue weighted by Gasteiger charge is 2.47. The molecule has 2 fully saturated rings. The second kappa shape index (κ2) is 9.17. The van der Waals surface area contributed by atoms with Crippen molar-refractivity contribution in [2.24, 2.45) is 0 Å². The predicted molar refractivity (Wildman–Crippen MR) is 118 cm³/mol. The summed E-state index contributed by atoms with van der Waals surface area (Å²) < 4.78 is 33.5. The second-order valence-electron chi connectivity index (χ2n) is 7.62. The van der Waals surface area contributed by atoms with Crippen LogP contribution in [0.1, 0.15) is 12.0 Å². The summed E-state index contributed by atoms with van der Waals surface area (Å²) in [6.45, 7) is 5.13. The molecule has 0 radical (unpaired) electrons. The highest BCUT2D eigenvalue weighted by atomic mass is 32.2. The summed E-state index contributed by atoms with van der Waals surface area (Å²) in [5.74, 6) is -0.896. The van der Waals surface area contributed by atoms with E-state index in [9.17, 15) is 18.0 Å². The van der Waals surface area contributed by atoms with Gasteiger partial charge >= 0.3 is 0 Å². The lowest BCUT2D eigenvalue weighted by molar-refractivity contribution is -0.122. The van der Waals surface area contributed by atoms with Crippen molar-refractivity contribution in [3.05, 3.63) is 47.3 Å². The number of carbonyl (C=O) groups is 2. The van der Waals surface area contributed by atoms with Crippen molar-refractivity contribution < 1.29 is 22.7 Å². The summed E-state index contributed by atoms with van der Waals surface area (Å²) in [5, 5.41) is 1.69. The van der Waals surface area contributed by atoms with E-state index in [1.165, 1.54) is 10.4 Å². The van der Waals surface area contributed by atoms with Crippen LogP contribution in [0.2, 0.25) is 0 Å². The lowest BCUT2D eigenvalue weighted by atomic mass is 10.2. The number of rotatable bonds is 7. The third-order valence-electron chi connectivity index (χ3n) is 5.56. The molecule has 8 nitrogen and oxygen atoms in total. The molecule has 2 aromatic rings. The zero-order chi connectivity index (χ0) is 22.0. The van der Waals surface area contributed by atoms with E-state index in [2.05, 4.69) is 4.90 Å². The van der Waals surface area contributed by atoms with E-state index in [4.69, 9.17) is 4.74 Å². The van der Waals surface area contributed by atoms with Gasteiger partial charge in [-0.25, -0.2) is 13.3 Å². The molecule has 31 heavy (non-hydrogen) atoms. The molecule has 0 N–H and O–H groups in total. The fourth-order valence-corrected chi connectivity index (χ4v) is 6.53. The molecule has 2 amide bonds. The predicted octanol–water partition coefficient (Wildman–Crippen LogP) is 1.71. The van der Waals surface area contributed by atoms with Gasteiger partial charge in [0.1, 0.15) is 10.3 Å². The van der Waals surface area contributed by atoms with E-state index in [-0.39, 0.29) is 17.2 Å². The number of morpholine rings is 1. The van der Waals surface area contributed by atoms with Crippen molar-refractivity contribution in [3.63, 3.8) is 0 Å². The highest BCUT2D eigenvalue weighted by molar-refractivity contribution is 7.91. The van der Waals surface area contributed by atoms with Gasteiger partial charge in [0.15, 0.2) is 0 Å². The van der Waals surface area contributed by atoms with Crippen LogP contribution in [-0.2, 0) is 24.3 Å². The van der Waals surface area contributed by atoms with Gasteiger partial charge in [0.25, 0.3) is 15.9 Å². The third kappa shape index (κ3) is 4.58. The fraction of sp³-hybridized carbons (Fsp3) is 0.429. The minimum atomic E-state index is -3.92. The maximum absolute atomic E-state index is 13.4. The molecule has 2 saturated heterocycles. The molecule has 2 aliphatic heterocycles. The molecule has 10 heteroatoms. The standard InChI is InChI=1S/C21H25N3O5S2/c1-16-4-6-17(7-5-16)24-19(25)15-18(21(24)26)23(9-8-22-10-12-29-13-11-22)31(27,28)20-3-2-14-30-20/h2-7,14,18H,8-13,15H2,1H3. The number of thiophene rings is 1. The minimum Gasteiger partial charge on any atom is -0.379 e. The van der Waals surface area contributed by atoms with E-state index in [1.807, 2.05) is 19.1 Å². The highest BCUT2D eigenvalue weighted by Crippen LogP contribution is 2.30. The summed E-state index contributed by atoms with van der Waals surface area (Å²) >= 11 is 1.11. The van der Waals surface area contributed by atoms with Gasteiger partial charge in [-0.1, -0.05) is 23.8 Å². The molecule has 1 aromatic carbocycles. The quantitative estimate of drug-likeness (QED) is 0.581. The van der Waals surface area contributed by atoms with E-state index >= 15 is 0 Å². The Hall–Kier alpha value is -2.11. The molecular weight excluding hydrogens is 438 g/mol. The first-order valence-electron chi connectivity index (χ1n) is 10.2. The van der Waals surface area contributed by atoms with Gasteiger partial charge in [0.2, 0.25) is 5.91 Å². The maximum atomic E-state index is 13.4. The molecule has 3 heterocycles. The number of carbonyl (C=O) groups excluding carboxylic acids is 2. The van der Waals surface area contributed by atoms with Gasteiger partial charge < -0.3 is 4.74 Å². The lowest BCUT2D eigenvalue weighted by Gasteiger charge is -2.31. The van der Waals surface area contributed by atoms with E-state index in [0.717, 1.165) is 21.8 Å². The lowest BCUT2D eigenvalue weighted by Crippen LogP contribution is -2.49. The van der Waals surface area contributed by atoms with Gasteiger partial charge in [-0.3, -0.25) is 14.5 Å². The SMILES string of the molecule is Cc1ccc(N2C(=O)CC(N(CCN3CCOCC3)S(=O)(=O)c3cccs3)C2=O)cc1. The van der Waals surface area contributed by atoms with E-state index < -0.39 is 27.9 Å². The van der Waals surface area contributed by atoms with Crippen LogP contribution in [0.4, 0.5) is 5.69 Å². The summed E-state index contributed by atoms with van der Waals surface area (Å²) in [4.78, 5) is 29.3. The Bertz CT molecular complexity index is 1030. The zero-order valence-corrected chi connectivity index (χ0v) is 18.9. The molecule has 1 unspecified atom stereocenters. The number of imide groups is 1. The Balaban J connectivity index is 1.62. The number of hydrogen-bond acceptors (Lipinski definition) is 7. The van der Waals surface area contributed by atoms with Crippen LogP contribution in [0, 0.1) is 6.92 Å². The smallest absolute Gasteiger partial charge is 0.253 e. The third-order valence-corrected chi connectivity index (χ3v) is 8.84. The number of anilines is 1. The molecule has 0 bridgehead atoms. The van der Waals surface area contributed by atoms with Gasteiger partial charge in [-0.15, -0.1) is 11.3 Å². The normalized spacial score (nSPS) is 20.7. The molecular formula is C21H25N3O5S2.